The minimum Gasteiger partial charge on any atom is -0.465 e. The van der Waals surface area contributed by atoms with E-state index >= 15 is 0 Å². The Morgan fingerprint density at radius 3 is 2.73 bits per heavy atom. The van der Waals surface area contributed by atoms with Gasteiger partial charge in [-0.2, -0.15) is 4.98 Å². The molecule has 0 bridgehead atoms. The van der Waals surface area contributed by atoms with Gasteiger partial charge in [-0.3, -0.25) is 5.32 Å². The van der Waals surface area contributed by atoms with E-state index in [1.54, 1.807) is 0 Å². The highest BCUT2D eigenvalue weighted by Crippen LogP contribution is 2.37. The summed E-state index contributed by atoms with van der Waals surface area (Å²) in [6.45, 7) is 1.92. The lowest BCUT2D eigenvalue weighted by Crippen LogP contribution is -2.06. The summed E-state index contributed by atoms with van der Waals surface area (Å²) in [5.74, 6) is 0.932. The van der Waals surface area contributed by atoms with E-state index in [-0.39, 0.29) is 5.13 Å². The lowest BCUT2D eigenvalue weighted by Gasteiger charge is -1.98. The number of hydrogen-bond acceptors (Lipinski definition) is 6. The van der Waals surface area contributed by atoms with Crippen molar-refractivity contribution in [1.29, 1.82) is 0 Å². The molecule has 0 atom stereocenters. The van der Waals surface area contributed by atoms with E-state index in [4.69, 9.17) is 9.63 Å². The minimum absolute atomic E-state index is 0.268. The van der Waals surface area contributed by atoms with Crippen molar-refractivity contribution in [2.45, 2.75) is 13.3 Å². The molecule has 22 heavy (non-hydrogen) atoms. The zero-order valence-corrected chi connectivity index (χ0v) is 12.4. The number of hydrogen-bond donors (Lipinski definition) is 2. The van der Waals surface area contributed by atoms with Crippen molar-refractivity contribution in [3.05, 3.63) is 36.2 Å². The van der Waals surface area contributed by atoms with Crippen LogP contribution in [0.15, 0.2) is 34.9 Å². The van der Waals surface area contributed by atoms with Crippen LogP contribution >= 0.6 is 11.3 Å². The number of rotatable bonds is 4. The molecule has 0 spiro atoms. The number of nitrogens with zero attached hydrogens (tertiary/aromatic N) is 3. The van der Waals surface area contributed by atoms with Crippen LogP contribution in [0.5, 0.6) is 0 Å². The molecule has 112 valence electrons. The molecule has 3 rings (SSSR count). The van der Waals surface area contributed by atoms with E-state index in [0.717, 1.165) is 5.56 Å². The van der Waals surface area contributed by atoms with Crippen LogP contribution in [-0.2, 0) is 6.42 Å². The van der Waals surface area contributed by atoms with Gasteiger partial charge in [0.05, 0.1) is 5.69 Å². The number of anilines is 1. The third-order valence-electron chi connectivity index (χ3n) is 2.86. The Morgan fingerprint density at radius 2 is 2.09 bits per heavy atom. The number of aromatic nitrogens is 3. The molecular formula is C14H12N4O3S. The van der Waals surface area contributed by atoms with Crippen LogP contribution in [0.25, 0.3) is 22.0 Å². The fraction of sp³-hybridized carbons (Fsp3) is 0.143. The Hall–Kier alpha value is -2.74. The number of thiazole rings is 1. The zero-order valence-electron chi connectivity index (χ0n) is 11.6. The highest BCUT2D eigenvalue weighted by Gasteiger charge is 2.20. The predicted octanol–water partition coefficient (Wildman–Crippen LogP) is 3.51. The van der Waals surface area contributed by atoms with Crippen molar-refractivity contribution in [1.82, 2.24) is 15.1 Å². The lowest BCUT2D eigenvalue weighted by atomic mass is 10.1. The van der Waals surface area contributed by atoms with Crippen LogP contribution in [0.2, 0.25) is 0 Å². The highest BCUT2D eigenvalue weighted by atomic mass is 32.1. The molecule has 0 aliphatic heterocycles. The van der Waals surface area contributed by atoms with Gasteiger partial charge < -0.3 is 9.63 Å². The molecule has 3 aromatic rings. The van der Waals surface area contributed by atoms with Crippen molar-refractivity contribution in [2.24, 2.45) is 0 Å². The summed E-state index contributed by atoms with van der Waals surface area (Å²) in [5, 5.41) is 15.3. The Morgan fingerprint density at radius 1 is 1.32 bits per heavy atom. The van der Waals surface area contributed by atoms with Crippen LogP contribution in [0.3, 0.4) is 0 Å². The highest BCUT2D eigenvalue weighted by molar-refractivity contribution is 7.19. The minimum atomic E-state index is -1.16. The number of aryl methyl sites for hydroxylation is 1. The van der Waals surface area contributed by atoms with E-state index in [0.29, 0.717) is 28.7 Å². The largest absolute Gasteiger partial charge is 0.465 e. The van der Waals surface area contributed by atoms with Gasteiger partial charge in [-0.1, -0.05) is 53.7 Å². The molecule has 2 aromatic heterocycles. The van der Waals surface area contributed by atoms with Crippen LogP contribution in [0.4, 0.5) is 9.93 Å². The van der Waals surface area contributed by atoms with Gasteiger partial charge in [-0.25, -0.2) is 9.78 Å². The van der Waals surface area contributed by atoms with Gasteiger partial charge in [0.15, 0.2) is 5.13 Å². The Labute approximate surface area is 129 Å². The second-order valence-electron chi connectivity index (χ2n) is 4.36. The molecule has 0 aliphatic rings. The number of nitrogens with one attached hydrogen (secondary N) is 1. The van der Waals surface area contributed by atoms with Crippen molar-refractivity contribution < 1.29 is 14.4 Å². The monoisotopic (exact) mass is 316 g/mol. The molecule has 0 unspecified atom stereocenters. The van der Waals surface area contributed by atoms with Crippen molar-refractivity contribution in [2.75, 3.05) is 5.32 Å². The smallest absolute Gasteiger partial charge is 0.410 e. The average Bonchev–Trinajstić information content (AvgIpc) is 3.13. The third-order valence-corrected chi connectivity index (χ3v) is 3.83. The number of carbonyl (C=O) groups is 1. The topological polar surface area (TPSA) is 101 Å². The summed E-state index contributed by atoms with van der Waals surface area (Å²) in [6.07, 6.45) is -0.533. The van der Waals surface area contributed by atoms with Crippen LogP contribution in [0.1, 0.15) is 12.8 Å². The molecule has 1 aromatic carbocycles. The SMILES string of the molecule is CCc1nc(-c2sc(NC(=O)O)nc2-c2ccccc2)no1. The molecule has 0 saturated heterocycles. The van der Waals surface area contributed by atoms with Gasteiger partial charge in [-0.05, 0) is 0 Å². The summed E-state index contributed by atoms with van der Waals surface area (Å²) < 4.78 is 5.13. The van der Waals surface area contributed by atoms with E-state index in [9.17, 15) is 4.79 Å². The van der Waals surface area contributed by atoms with Crippen molar-refractivity contribution in [3.63, 3.8) is 0 Å². The zero-order chi connectivity index (χ0) is 15.5. The number of benzene rings is 1. The van der Waals surface area contributed by atoms with Gasteiger partial charge in [0.2, 0.25) is 11.7 Å². The van der Waals surface area contributed by atoms with Crippen molar-refractivity contribution >= 4 is 22.6 Å². The molecule has 0 saturated carbocycles. The average molecular weight is 316 g/mol. The first-order valence-electron chi connectivity index (χ1n) is 6.56. The summed E-state index contributed by atoms with van der Waals surface area (Å²) in [6, 6.07) is 9.45. The predicted molar refractivity (Wildman–Crippen MR) is 81.9 cm³/mol. The van der Waals surface area contributed by atoms with Crippen LogP contribution in [-0.4, -0.2) is 26.3 Å². The maximum Gasteiger partial charge on any atom is 0.410 e. The second-order valence-corrected chi connectivity index (χ2v) is 5.36. The molecule has 0 fully saturated rings. The maximum atomic E-state index is 10.8. The Balaban J connectivity index is 2.10. The first-order valence-corrected chi connectivity index (χ1v) is 7.38. The van der Waals surface area contributed by atoms with Gasteiger partial charge in [-0.15, -0.1) is 0 Å². The molecule has 2 heterocycles. The van der Waals surface area contributed by atoms with E-state index in [1.165, 1.54) is 11.3 Å². The van der Waals surface area contributed by atoms with Gasteiger partial charge in [0.25, 0.3) is 0 Å². The number of carboxylic acid groups (broad SMARTS) is 1. The Kier molecular flexibility index (Phi) is 3.84. The number of amides is 1. The molecule has 7 nitrogen and oxygen atoms in total. The first kappa shape index (κ1) is 14.2. The van der Waals surface area contributed by atoms with E-state index < -0.39 is 6.09 Å². The second kappa shape index (κ2) is 5.94. The van der Waals surface area contributed by atoms with Gasteiger partial charge in [0.1, 0.15) is 4.88 Å². The van der Waals surface area contributed by atoms with Crippen LogP contribution < -0.4 is 5.32 Å². The molecule has 0 aliphatic carbocycles. The van der Waals surface area contributed by atoms with E-state index in [2.05, 4.69) is 20.4 Å². The van der Waals surface area contributed by atoms with Crippen LogP contribution in [0, 0.1) is 0 Å². The molecule has 2 N–H and O–H groups in total. The summed E-state index contributed by atoms with van der Waals surface area (Å²) in [7, 11) is 0. The molecule has 1 amide bonds. The quantitative estimate of drug-likeness (QED) is 0.763. The normalized spacial score (nSPS) is 10.6. The third kappa shape index (κ3) is 2.82. The van der Waals surface area contributed by atoms with Gasteiger partial charge >= 0.3 is 6.09 Å². The summed E-state index contributed by atoms with van der Waals surface area (Å²) >= 11 is 1.17. The Bertz CT molecular complexity index is 798. The van der Waals surface area contributed by atoms with Gasteiger partial charge in [0, 0.05) is 12.0 Å². The standard InChI is InChI=1S/C14H12N4O3S/c1-2-9-15-12(18-21-9)11-10(8-6-4-3-5-7-8)16-13(22-11)17-14(19)20/h3-7H,2H2,1H3,(H,16,17)(H,19,20). The maximum absolute atomic E-state index is 10.8. The summed E-state index contributed by atoms with van der Waals surface area (Å²) in [5.41, 5.74) is 1.48. The lowest BCUT2D eigenvalue weighted by molar-refractivity contribution is 0.209. The molecule has 8 heteroatoms. The first-order chi connectivity index (χ1) is 10.7. The molecular weight excluding hydrogens is 304 g/mol. The fourth-order valence-corrected chi connectivity index (χ4v) is 2.80. The fourth-order valence-electron chi connectivity index (χ4n) is 1.90. The van der Waals surface area contributed by atoms with E-state index in [1.807, 2.05) is 37.3 Å². The molecule has 0 radical (unpaired) electrons. The summed E-state index contributed by atoms with van der Waals surface area (Å²) in [4.78, 5) is 20.1. The van der Waals surface area contributed by atoms with Crippen molar-refractivity contribution in [3.8, 4) is 22.0 Å².